The van der Waals surface area contributed by atoms with E-state index in [-0.39, 0.29) is 114 Å². The summed E-state index contributed by atoms with van der Waals surface area (Å²) >= 11 is 9.95. The number of nitrogens with one attached hydrogen (secondary N) is 3. The van der Waals surface area contributed by atoms with Gasteiger partial charge in [0.15, 0.2) is 0 Å². The van der Waals surface area contributed by atoms with Crippen LogP contribution >= 0.6 is 45.6 Å². The van der Waals surface area contributed by atoms with Gasteiger partial charge in [0.1, 0.15) is 67.0 Å². The van der Waals surface area contributed by atoms with E-state index in [4.69, 9.17) is 62.5 Å². The Kier molecular flexibility index (Phi) is 29.1. The highest BCUT2D eigenvalue weighted by Gasteiger charge is 2.45. The van der Waals surface area contributed by atoms with Gasteiger partial charge in [-0.05, 0) is 148 Å². The minimum absolute atomic E-state index is 0.183. The fraction of sp³-hybridized carbons (Fsp3) is 0.418. The number of nitrogens with zero attached hydrogens (tertiary/aromatic N) is 9. The summed E-state index contributed by atoms with van der Waals surface area (Å²) in [6.45, 7) is 11.5. The molecule has 3 aliphatic heterocycles. The molecule has 12 atom stereocenters. The summed E-state index contributed by atoms with van der Waals surface area (Å²) in [5, 5.41) is 46.1. The highest BCUT2D eigenvalue weighted by atomic mass is 35.5. The summed E-state index contributed by atoms with van der Waals surface area (Å²) in [7, 11) is -8.43. The molecule has 10 heterocycles. The third-order valence-corrected chi connectivity index (χ3v) is 26.3. The summed E-state index contributed by atoms with van der Waals surface area (Å²) < 4.78 is 133. The fourth-order valence-electron chi connectivity index (χ4n) is 15.8. The quantitative estimate of drug-likeness (QED) is 0.0127. The molecule has 0 spiro atoms. The van der Waals surface area contributed by atoms with Gasteiger partial charge in [-0.3, -0.25) is 36.7 Å². The van der Waals surface area contributed by atoms with Gasteiger partial charge >= 0.3 is 42.8 Å². The minimum Gasteiger partial charge on any atom is -0.461 e. The van der Waals surface area contributed by atoms with Crippen molar-refractivity contribution in [3.8, 4) is 0 Å². The monoisotopic (exact) mass is 1830 g/mol. The molecule has 6 aliphatic rings. The highest BCUT2D eigenvalue weighted by molar-refractivity contribution is 7.84. The number of esters is 1. The van der Waals surface area contributed by atoms with Crippen molar-refractivity contribution >= 4 is 122 Å². The second-order valence-corrected chi connectivity index (χ2v) is 38.1. The molecule has 35 nitrogen and oxygen atoms in total. The molecule has 2 unspecified atom stereocenters. The summed E-state index contributed by atoms with van der Waals surface area (Å²) in [4.78, 5) is 90.4. The van der Waals surface area contributed by atoms with Gasteiger partial charge in [0.2, 0.25) is 22.4 Å². The van der Waals surface area contributed by atoms with Crippen LogP contribution < -0.4 is 37.1 Å². The van der Waals surface area contributed by atoms with Crippen molar-refractivity contribution in [3.05, 3.63) is 224 Å². The van der Waals surface area contributed by atoms with Gasteiger partial charge in [-0.1, -0.05) is 41.9 Å². The third-order valence-electron chi connectivity index (χ3n) is 21.5. The zero-order valence-corrected chi connectivity index (χ0v) is 72.0. The van der Waals surface area contributed by atoms with Crippen LogP contribution in [0.4, 0.5) is 31.2 Å². The number of aliphatic hydroxyl groups is 2. The molecule has 3 fully saturated rings. The first-order valence-electron chi connectivity index (χ1n) is 38.5. The Bertz CT molecular complexity index is 5830. The number of aryl methyl sites for hydroxylation is 2. The lowest BCUT2D eigenvalue weighted by Gasteiger charge is -2.30. The molecular weight excluding hydrogens is 1740 g/mol. The van der Waals surface area contributed by atoms with E-state index in [9.17, 15) is 63.4 Å². The number of anilines is 3. The van der Waals surface area contributed by atoms with Crippen LogP contribution in [-0.4, -0.2) is 195 Å². The first-order valence-corrected chi connectivity index (χ1v) is 45.8. The van der Waals surface area contributed by atoms with E-state index in [1.807, 2.05) is 45.3 Å². The Morgan fingerprint density at radius 1 is 0.593 bits per heavy atom. The maximum absolute atomic E-state index is 14.4. The van der Waals surface area contributed by atoms with E-state index in [0.29, 0.717) is 86.9 Å². The molecule has 3 saturated carbocycles. The fourth-order valence-corrected chi connectivity index (χ4v) is 20.0. The summed E-state index contributed by atoms with van der Waals surface area (Å²) in [6, 6.07) is 19.5. The van der Waals surface area contributed by atoms with Gasteiger partial charge in [-0.25, -0.2) is 50.2 Å². The van der Waals surface area contributed by atoms with Crippen LogP contribution in [0, 0.1) is 38.2 Å². The number of fused-ring (bicyclic) bond motifs is 3. The second-order valence-electron chi connectivity index (χ2n) is 30.4. The Balaban J connectivity index is 0.000000159. The molecule has 123 heavy (non-hydrogen) atoms. The molecule has 0 bridgehead atoms. The van der Waals surface area contributed by atoms with Crippen molar-refractivity contribution in [2.45, 2.75) is 132 Å². The van der Waals surface area contributed by atoms with Crippen LogP contribution in [0.15, 0.2) is 110 Å². The topological polar surface area (TPSA) is 514 Å². The molecule has 7 aromatic heterocycles. The Hall–Kier alpha value is -9.22. The molecule has 44 heteroatoms. The molecule has 2 aromatic carbocycles. The second kappa shape index (κ2) is 39.1. The molecule has 13 N–H and O–H groups in total. The van der Waals surface area contributed by atoms with Gasteiger partial charge < -0.3 is 55.7 Å². The molecule has 9 aromatic rings. The predicted octanol–water partition coefficient (Wildman–Crippen LogP) is 7.94. The number of aromatic nitrogens is 7. The number of aliphatic hydroxyl groups excluding tert-OH is 2. The molecular formula is C79H87ClF2N16O19S6. The number of carbonyl (C=O) groups excluding carboxylic acids is 4. The number of hydrogen-bond acceptors (Lipinski definition) is 34. The summed E-state index contributed by atoms with van der Waals surface area (Å²) in [5.41, 5.74) is 13.6. The van der Waals surface area contributed by atoms with Crippen LogP contribution in [0.3, 0.4) is 0 Å². The number of hydrogen-bond donors (Lipinski definition) is 9. The third kappa shape index (κ3) is 22.7. The van der Waals surface area contributed by atoms with Crippen LogP contribution in [0.2, 0.25) is 5.02 Å². The summed E-state index contributed by atoms with van der Waals surface area (Å²) in [5.74, 6) is -5.42. The van der Waals surface area contributed by atoms with Crippen molar-refractivity contribution in [1.29, 1.82) is 0 Å². The van der Waals surface area contributed by atoms with E-state index in [1.165, 1.54) is 72.0 Å². The standard InChI is InChI=1S/C28H32N6O6S2.C27H30ClN5O7S2.C24H25F2N5O6S2/c1-30-28-21(26-20-8-16(13-34(2)3)4-5-17(20)6-7-39-26)11-24(41-28)25(36)22-12-31-15-32-27(22)33-19-9-18(23(35)10-19)14-40-42(29,37)38;1-14-19(26-20-7-17(28)3-2-15(20)4-5-38-26)9-23(41-14)25(35)21-11-31-13-32-27(21)33-18-6-16(12-39-42(30,36)37)22(8-18)40-24(34)10-29;1-12-16(21-15-3-2-4-29-22(15)24(25,26)10-36-21)7-19(38-12)20(33)17-8-28-11-30-23(17)31-14-5-13(18(32)6-14)9-37-39(27,34)35/h4-5,8,11-12,15,18-19,23,26,35H,6-7,9-10,13-14H2,2-3H3,(H2,29,37,38)(H,31,32,33);2-3,7,9,11,13,16,18,22,26H,4-6,8,10,12,29H2,1H3,(H2,30,36,37)(H,31,32,33);2-4,7-8,11,13-14,18,21,32H,5-6,9-10H2,1H3,(H2,27,34,35)(H,28,30,31)/t18-,19-,23+,26?;16-,18-,22+,26+;13-,14-,18+,21?/m111/s1. The van der Waals surface area contributed by atoms with E-state index in [1.54, 1.807) is 31.2 Å². The Morgan fingerprint density at radius 2 is 1.04 bits per heavy atom. The summed E-state index contributed by atoms with van der Waals surface area (Å²) in [6.07, 6.45) is 9.09. The van der Waals surface area contributed by atoms with E-state index < -0.39 is 97.7 Å². The smallest absolute Gasteiger partial charge is 0.333 e. The van der Waals surface area contributed by atoms with Gasteiger partial charge in [0.25, 0.3) is 0 Å². The van der Waals surface area contributed by atoms with Crippen LogP contribution in [-0.2, 0) is 92.5 Å². The van der Waals surface area contributed by atoms with Crippen molar-refractivity contribution in [2.24, 2.45) is 38.9 Å². The zero-order valence-electron chi connectivity index (χ0n) is 66.4. The number of ketones is 3. The maximum atomic E-state index is 14.4. The number of pyridine rings is 1. The van der Waals surface area contributed by atoms with Gasteiger partial charge in [-0.15, -0.1) is 34.0 Å². The van der Waals surface area contributed by atoms with Crippen molar-refractivity contribution in [1.82, 2.24) is 39.8 Å². The number of rotatable bonds is 28. The maximum Gasteiger partial charge on any atom is 0.333 e. The predicted molar refractivity (Wildman–Crippen MR) is 448 cm³/mol. The minimum atomic E-state index is -4.19. The molecule has 0 amide bonds. The van der Waals surface area contributed by atoms with Crippen molar-refractivity contribution < 1.29 is 94.9 Å². The van der Waals surface area contributed by atoms with Crippen LogP contribution in [0.25, 0.3) is 4.85 Å². The number of carbonyl (C=O) groups is 4. The van der Waals surface area contributed by atoms with Gasteiger partial charge in [-0.2, -0.15) is 34.0 Å². The zero-order chi connectivity index (χ0) is 88.0. The lowest BCUT2D eigenvalue weighted by molar-refractivity contribution is -0.149. The largest absolute Gasteiger partial charge is 0.461 e. The van der Waals surface area contributed by atoms with E-state index >= 15 is 0 Å². The number of ether oxygens (including phenoxy) is 4. The van der Waals surface area contributed by atoms with Crippen molar-refractivity contribution in [3.63, 3.8) is 0 Å². The van der Waals surface area contributed by atoms with E-state index in [0.717, 1.165) is 68.3 Å². The lowest BCUT2D eigenvalue weighted by Crippen LogP contribution is -2.32. The van der Waals surface area contributed by atoms with Crippen molar-refractivity contribution in [2.75, 3.05) is 76.2 Å². The Morgan fingerprint density at radius 3 is 1.53 bits per heavy atom. The van der Waals surface area contributed by atoms with Crippen LogP contribution in [0.5, 0.6) is 0 Å². The Labute approximate surface area is 723 Å². The number of thiophene rings is 3. The average Bonchev–Trinajstić information content (AvgIpc) is 1.72. The molecule has 0 saturated heterocycles. The highest BCUT2D eigenvalue weighted by Crippen LogP contribution is 2.47. The first-order chi connectivity index (χ1) is 58.5. The number of halogens is 3. The molecule has 0 radical (unpaired) electrons. The molecule has 654 valence electrons. The van der Waals surface area contributed by atoms with Gasteiger partial charge in [0, 0.05) is 99.5 Å². The number of alkyl halides is 2. The average molecular weight is 1830 g/mol. The van der Waals surface area contributed by atoms with Gasteiger partial charge in [0.05, 0.1) is 95.8 Å². The number of nitrogens with two attached hydrogens (primary N) is 4. The van der Waals surface area contributed by atoms with Crippen LogP contribution in [0.1, 0.15) is 168 Å². The lowest BCUT2D eigenvalue weighted by atomic mass is 9.91. The molecule has 3 aliphatic carbocycles. The molecule has 15 rings (SSSR count). The van der Waals surface area contributed by atoms with E-state index in [2.05, 4.69) is 87.1 Å². The normalized spacial score (nSPS) is 22.8. The first kappa shape index (κ1) is 91.5. The number of benzene rings is 2. The SMILES string of the molecule is Cc1sc(C(=O)c2cncnc2N[C@@H]2C[C@H](COS(N)(=O)=O)[C@@H](O)C2)cc1C1OCC(F)(F)c2ncccc21.Cc1sc(C(=O)c2cncnc2N[C@@H]2C[C@H](COS(N)(=O)=O)[C@@H](OC(=O)CN)C2)cc1[C@@H]1OCCc2ccc(Cl)cc21.[C-]#[N+]c1sc(C(=O)c2cncnc2N[C@@H]2C[C@H](COS(N)(=O)=O)[C@@H](O)C2)cc1C1OCCc2ccc(CN(C)C)cc21.